The summed E-state index contributed by atoms with van der Waals surface area (Å²) in [5.41, 5.74) is 1.02. The average Bonchev–Trinajstić information content (AvgIpc) is 2.76. The van der Waals surface area contributed by atoms with Crippen LogP contribution in [-0.4, -0.2) is 29.8 Å². The number of hydrogen-bond donors (Lipinski definition) is 1. The van der Waals surface area contributed by atoms with Crippen molar-refractivity contribution in [3.63, 3.8) is 0 Å². The molecule has 4 nitrogen and oxygen atoms in total. The summed E-state index contributed by atoms with van der Waals surface area (Å²) in [6.45, 7) is 10.7. The highest BCUT2D eigenvalue weighted by Crippen LogP contribution is 2.20. The van der Waals surface area contributed by atoms with Crippen LogP contribution in [0.25, 0.3) is 0 Å². The summed E-state index contributed by atoms with van der Waals surface area (Å²) in [5.74, 6) is 2.47. The molecule has 0 saturated carbocycles. The molecule has 1 aromatic heterocycles. The Hall–Kier alpha value is -1.16. The van der Waals surface area contributed by atoms with E-state index in [0.29, 0.717) is 5.92 Å². The van der Waals surface area contributed by atoms with E-state index in [0.717, 1.165) is 43.6 Å². The van der Waals surface area contributed by atoms with Gasteiger partial charge < -0.3 is 10.2 Å². The molecule has 0 aliphatic carbocycles. The Balaban J connectivity index is 1.85. The predicted molar refractivity (Wildman–Crippen MR) is 74.6 cm³/mol. The Morgan fingerprint density at radius 2 is 2.22 bits per heavy atom. The van der Waals surface area contributed by atoms with E-state index in [4.69, 9.17) is 0 Å². The lowest BCUT2D eigenvalue weighted by Crippen LogP contribution is -2.22. The summed E-state index contributed by atoms with van der Waals surface area (Å²) in [5, 5.41) is 12.0. The van der Waals surface area contributed by atoms with E-state index in [2.05, 4.69) is 53.3 Å². The molecular weight excluding hydrogens is 224 g/mol. The van der Waals surface area contributed by atoms with Gasteiger partial charge in [-0.3, -0.25) is 0 Å². The summed E-state index contributed by atoms with van der Waals surface area (Å²) >= 11 is 0. The third-order valence-corrected chi connectivity index (χ3v) is 3.31. The molecule has 0 spiro atoms. The second-order valence-corrected chi connectivity index (χ2v) is 5.75. The summed E-state index contributed by atoms with van der Waals surface area (Å²) in [6, 6.07) is 4.18. The molecule has 100 valence electrons. The average molecular weight is 248 g/mol. The van der Waals surface area contributed by atoms with Crippen molar-refractivity contribution in [2.24, 2.45) is 11.8 Å². The van der Waals surface area contributed by atoms with Crippen LogP contribution < -0.4 is 10.2 Å². The zero-order chi connectivity index (χ0) is 13.0. The van der Waals surface area contributed by atoms with Crippen molar-refractivity contribution in [3.8, 4) is 0 Å². The highest BCUT2D eigenvalue weighted by molar-refractivity contribution is 5.38. The van der Waals surface area contributed by atoms with Crippen LogP contribution in [-0.2, 0) is 6.54 Å². The third-order valence-electron chi connectivity index (χ3n) is 3.31. The Labute approximate surface area is 110 Å². The zero-order valence-electron chi connectivity index (χ0n) is 11.7. The van der Waals surface area contributed by atoms with Crippen LogP contribution >= 0.6 is 0 Å². The molecule has 1 atom stereocenters. The van der Waals surface area contributed by atoms with E-state index in [1.165, 1.54) is 6.42 Å². The molecule has 1 N–H and O–H groups in total. The van der Waals surface area contributed by atoms with Gasteiger partial charge in [-0.15, -0.1) is 5.10 Å². The summed E-state index contributed by atoms with van der Waals surface area (Å²) < 4.78 is 0. The van der Waals surface area contributed by atoms with E-state index in [1.54, 1.807) is 0 Å². The minimum Gasteiger partial charge on any atom is -0.355 e. The van der Waals surface area contributed by atoms with Gasteiger partial charge in [0.05, 0.1) is 5.69 Å². The fourth-order valence-corrected chi connectivity index (χ4v) is 2.25. The number of hydrogen-bond acceptors (Lipinski definition) is 4. The first kappa shape index (κ1) is 13.3. The maximum Gasteiger partial charge on any atom is 0.151 e. The first-order valence-electron chi connectivity index (χ1n) is 6.93. The van der Waals surface area contributed by atoms with Crippen LogP contribution in [0.15, 0.2) is 12.1 Å². The van der Waals surface area contributed by atoms with Crippen LogP contribution in [0.3, 0.4) is 0 Å². The third kappa shape index (κ3) is 3.67. The van der Waals surface area contributed by atoms with E-state index in [9.17, 15) is 0 Å². The van der Waals surface area contributed by atoms with Crippen LogP contribution in [0.4, 0.5) is 5.82 Å². The first-order chi connectivity index (χ1) is 8.65. The normalized spacial score (nSPS) is 19.8. The Kier molecular flexibility index (Phi) is 4.53. The van der Waals surface area contributed by atoms with Gasteiger partial charge >= 0.3 is 0 Å². The Morgan fingerprint density at radius 3 is 2.78 bits per heavy atom. The van der Waals surface area contributed by atoms with E-state index >= 15 is 0 Å². The van der Waals surface area contributed by atoms with Crippen LogP contribution in [0.5, 0.6) is 0 Å². The smallest absolute Gasteiger partial charge is 0.151 e. The number of anilines is 1. The van der Waals surface area contributed by atoms with Crippen molar-refractivity contribution in [1.29, 1.82) is 0 Å². The lowest BCUT2D eigenvalue weighted by atomic mass is 10.2. The van der Waals surface area contributed by atoms with Gasteiger partial charge in [-0.2, -0.15) is 5.10 Å². The molecule has 1 fully saturated rings. The quantitative estimate of drug-likeness (QED) is 0.866. The standard InChI is InChI=1S/C14H24N4/c1-11(2)8-15-9-13-4-5-14(17-16-13)18-7-6-12(3)10-18/h4-5,11-12,15H,6-10H2,1-3H3. The van der Waals surface area contributed by atoms with E-state index < -0.39 is 0 Å². The minimum absolute atomic E-state index is 0.670. The lowest BCUT2D eigenvalue weighted by Gasteiger charge is -2.16. The molecule has 1 unspecified atom stereocenters. The van der Waals surface area contributed by atoms with Gasteiger partial charge in [0.25, 0.3) is 0 Å². The Bertz CT molecular complexity index is 361. The zero-order valence-corrected chi connectivity index (χ0v) is 11.7. The van der Waals surface area contributed by atoms with Crippen molar-refractivity contribution >= 4 is 5.82 Å². The minimum atomic E-state index is 0.670. The van der Waals surface area contributed by atoms with Gasteiger partial charge in [0, 0.05) is 19.6 Å². The monoisotopic (exact) mass is 248 g/mol. The molecule has 1 aliphatic rings. The molecule has 18 heavy (non-hydrogen) atoms. The maximum absolute atomic E-state index is 4.33. The molecule has 1 aromatic rings. The van der Waals surface area contributed by atoms with Crippen molar-refractivity contribution in [1.82, 2.24) is 15.5 Å². The van der Waals surface area contributed by atoms with Gasteiger partial charge in [-0.1, -0.05) is 20.8 Å². The Morgan fingerprint density at radius 1 is 1.39 bits per heavy atom. The number of nitrogens with one attached hydrogen (secondary N) is 1. The predicted octanol–water partition coefficient (Wildman–Crippen LogP) is 2.07. The number of aromatic nitrogens is 2. The topological polar surface area (TPSA) is 41.0 Å². The maximum atomic E-state index is 4.33. The molecule has 0 bridgehead atoms. The van der Waals surface area contributed by atoms with E-state index in [1.807, 2.05) is 0 Å². The van der Waals surface area contributed by atoms with Crippen molar-refractivity contribution in [3.05, 3.63) is 17.8 Å². The SMILES string of the molecule is CC(C)CNCc1ccc(N2CCC(C)C2)nn1. The second-order valence-electron chi connectivity index (χ2n) is 5.75. The molecule has 0 amide bonds. The summed E-state index contributed by atoms with van der Waals surface area (Å²) in [4.78, 5) is 2.32. The number of nitrogens with zero attached hydrogens (tertiary/aromatic N) is 3. The molecule has 2 heterocycles. The first-order valence-corrected chi connectivity index (χ1v) is 6.93. The summed E-state index contributed by atoms with van der Waals surface area (Å²) in [7, 11) is 0. The second kappa shape index (κ2) is 6.14. The molecule has 1 aliphatic heterocycles. The number of rotatable bonds is 5. The molecule has 0 aromatic carbocycles. The summed E-state index contributed by atoms with van der Waals surface area (Å²) in [6.07, 6.45) is 1.26. The lowest BCUT2D eigenvalue weighted by molar-refractivity contribution is 0.546. The van der Waals surface area contributed by atoms with Gasteiger partial charge in [0.1, 0.15) is 0 Å². The fraction of sp³-hybridized carbons (Fsp3) is 0.714. The van der Waals surface area contributed by atoms with Crippen LogP contribution in [0, 0.1) is 11.8 Å². The van der Waals surface area contributed by atoms with Crippen molar-refractivity contribution < 1.29 is 0 Å². The molecule has 4 heteroatoms. The molecule has 2 rings (SSSR count). The van der Waals surface area contributed by atoms with Gasteiger partial charge in [0.2, 0.25) is 0 Å². The fourth-order valence-electron chi connectivity index (χ4n) is 2.25. The molecular formula is C14H24N4. The van der Waals surface area contributed by atoms with Crippen molar-refractivity contribution in [2.75, 3.05) is 24.5 Å². The van der Waals surface area contributed by atoms with Gasteiger partial charge in [-0.05, 0) is 36.9 Å². The van der Waals surface area contributed by atoms with Gasteiger partial charge in [0.15, 0.2) is 5.82 Å². The van der Waals surface area contributed by atoms with Gasteiger partial charge in [-0.25, -0.2) is 0 Å². The van der Waals surface area contributed by atoms with Crippen LogP contribution in [0.2, 0.25) is 0 Å². The van der Waals surface area contributed by atoms with Crippen LogP contribution in [0.1, 0.15) is 32.9 Å². The van der Waals surface area contributed by atoms with Crippen molar-refractivity contribution in [2.45, 2.75) is 33.7 Å². The highest BCUT2D eigenvalue weighted by atomic mass is 15.3. The molecule has 0 radical (unpaired) electrons. The highest BCUT2D eigenvalue weighted by Gasteiger charge is 2.19. The largest absolute Gasteiger partial charge is 0.355 e. The van der Waals surface area contributed by atoms with E-state index in [-0.39, 0.29) is 0 Å². The molecule has 1 saturated heterocycles.